The largest absolute Gasteiger partial charge is 0.478 e. The Morgan fingerprint density at radius 1 is 1.20 bits per heavy atom. The number of hydrogen-bond donors (Lipinski definition) is 1. The van der Waals surface area contributed by atoms with Crippen LogP contribution in [0.1, 0.15) is 58.6 Å². The van der Waals surface area contributed by atoms with E-state index in [4.69, 9.17) is 4.74 Å². The molecule has 1 aromatic heterocycles. The predicted octanol–water partition coefficient (Wildman–Crippen LogP) is 4.20. The van der Waals surface area contributed by atoms with Gasteiger partial charge in [0.15, 0.2) is 0 Å². The van der Waals surface area contributed by atoms with Crippen LogP contribution in [0, 0.1) is 12.8 Å². The molecular formula is C16H29N3O. The summed E-state index contributed by atoms with van der Waals surface area (Å²) in [5, 5.41) is 3.36. The molecule has 1 aromatic rings. The molecule has 0 amide bonds. The zero-order chi connectivity index (χ0) is 14.8. The van der Waals surface area contributed by atoms with Crippen LogP contribution in [0.5, 0.6) is 5.88 Å². The molecule has 0 aliphatic rings. The highest BCUT2D eigenvalue weighted by molar-refractivity contribution is 5.30. The number of aromatic nitrogens is 2. The lowest BCUT2D eigenvalue weighted by Crippen LogP contribution is -2.16. The second kappa shape index (κ2) is 9.56. The molecule has 114 valence electrons. The Hall–Kier alpha value is -1.32. The van der Waals surface area contributed by atoms with Gasteiger partial charge >= 0.3 is 0 Å². The molecule has 0 aliphatic carbocycles. The summed E-state index contributed by atoms with van der Waals surface area (Å²) in [6.45, 7) is 10.2. The van der Waals surface area contributed by atoms with Crippen molar-refractivity contribution >= 4 is 5.95 Å². The molecule has 0 radical (unpaired) electrons. The van der Waals surface area contributed by atoms with Crippen molar-refractivity contribution in [3.63, 3.8) is 0 Å². The number of nitrogens with one attached hydrogen (secondary N) is 1. The van der Waals surface area contributed by atoms with Crippen LogP contribution in [0.15, 0.2) is 6.07 Å². The number of hydrogen-bond acceptors (Lipinski definition) is 4. The Morgan fingerprint density at radius 2 is 2.00 bits per heavy atom. The van der Waals surface area contributed by atoms with Gasteiger partial charge in [0.05, 0.1) is 6.61 Å². The van der Waals surface area contributed by atoms with Gasteiger partial charge in [-0.2, -0.15) is 4.98 Å². The Morgan fingerprint density at radius 3 is 2.65 bits per heavy atom. The molecule has 0 spiro atoms. The molecule has 0 aromatic carbocycles. The summed E-state index contributed by atoms with van der Waals surface area (Å²) in [5.41, 5.74) is 0.940. The van der Waals surface area contributed by atoms with Gasteiger partial charge < -0.3 is 10.1 Å². The van der Waals surface area contributed by atoms with E-state index in [1.54, 1.807) is 0 Å². The molecule has 0 aliphatic heterocycles. The van der Waals surface area contributed by atoms with E-state index >= 15 is 0 Å². The second-order valence-electron chi connectivity index (χ2n) is 5.32. The Kier molecular flexibility index (Phi) is 8.00. The van der Waals surface area contributed by atoms with Crippen LogP contribution in [0.2, 0.25) is 0 Å². The van der Waals surface area contributed by atoms with Crippen LogP contribution in [0.4, 0.5) is 5.95 Å². The first-order valence-electron chi connectivity index (χ1n) is 7.91. The molecular weight excluding hydrogens is 250 g/mol. The minimum Gasteiger partial charge on any atom is -0.478 e. The lowest BCUT2D eigenvalue weighted by Gasteiger charge is -2.15. The van der Waals surface area contributed by atoms with Crippen molar-refractivity contribution in [1.82, 2.24) is 9.97 Å². The van der Waals surface area contributed by atoms with Crippen molar-refractivity contribution in [1.29, 1.82) is 0 Å². The van der Waals surface area contributed by atoms with Crippen LogP contribution in [-0.2, 0) is 0 Å². The third-order valence-corrected chi connectivity index (χ3v) is 3.38. The molecule has 4 nitrogen and oxygen atoms in total. The highest BCUT2D eigenvalue weighted by atomic mass is 16.5. The van der Waals surface area contributed by atoms with E-state index in [1.807, 2.05) is 13.0 Å². The SMILES string of the molecule is CCCCC(CC)CNc1nc(C)cc(OCCC)n1. The van der Waals surface area contributed by atoms with Crippen LogP contribution in [0.3, 0.4) is 0 Å². The average molecular weight is 279 g/mol. The van der Waals surface area contributed by atoms with E-state index < -0.39 is 0 Å². The minimum atomic E-state index is 0.670. The summed E-state index contributed by atoms with van der Waals surface area (Å²) in [4.78, 5) is 8.84. The topological polar surface area (TPSA) is 47.0 Å². The molecule has 0 saturated carbocycles. The van der Waals surface area contributed by atoms with Crippen molar-refractivity contribution in [3.05, 3.63) is 11.8 Å². The molecule has 20 heavy (non-hydrogen) atoms. The fourth-order valence-corrected chi connectivity index (χ4v) is 2.08. The quantitative estimate of drug-likeness (QED) is 0.697. The summed E-state index contributed by atoms with van der Waals surface area (Å²) in [7, 11) is 0. The van der Waals surface area contributed by atoms with Gasteiger partial charge in [-0.25, -0.2) is 4.98 Å². The van der Waals surface area contributed by atoms with Gasteiger partial charge in [0.25, 0.3) is 0 Å². The smallest absolute Gasteiger partial charge is 0.226 e. The number of nitrogens with zero attached hydrogens (tertiary/aromatic N) is 2. The van der Waals surface area contributed by atoms with Gasteiger partial charge in [0.2, 0.25) is 11.8 Å². The average Bonchev–Trinajstić information content (AvgIpc) is 2.45. The second-order valence-corrected chi connectivity index (χ2v) is 5.32. The van der Waals surface area contributed by atoms with Crippen LogP contribution in [0.25, 0.3) is 0 Å². The van der Waals surface area contributed by atoms with Crippen LogP contribution >= 0.6 is 0 Å². The summed E-state index contributed by atoms with van der Waals surface area (Å²) in [6.07, 6.45) is 6.00. The lowest BCUT2D eigenvalue weighted by molar-refractivity contribution is 0.305. The van der Waals surface area contributed by atoms with E-state index in [2.05, 4.69) is 36.1 Å². The fourth-order valence-electron chi connectivity index (χ4n) is 2.08. The van der Waals surface area contributed by atoms with E-state index in [1.165, 1.54) is 25.7 Å². The van der Waals surface area contributed by atoms with Crippen molar-refractivity contribution in [2.24, 2.45) is 5.92 Å². The molecule has 1 unspecified atom stereocenters. The van der Waals surface area contributed by atoms with Crippen LogP contribution < -0.4 is 10.1 Å². The van der Waals surface area contributed by atoms with E-state index in [9.17, 15) is 0 Å². The van der Waals surface area contributed by atoms with Crippen LogP contribution in [-0.4, -0.2) is 23.1 Å². The predicted molar refractivity (Wildman–Crippen MR) is 84.4 cm³/mol. The molecule has 1 atom stereocenters. The van der Waals surface area contributed by atoms with Gasteiger partial charge in [-0.15, -0.1) is 0 Å². The Bertz CT molecular complexity index is 382. The zero-order valence-corrected chi connectivity index (χ0v) is 13.4. The number of aryl methyl sites for hydroxylation is 1. The van der Waals surface area contributed by atoms with Gasteiger partial charge in [-0.05, 0) is 25.7 Å². The monoisotopic (exact) mass is 279 g/mol. The third-order valence-electron chi connectivity index (χ3n) is 3.38. The van der Waals surface area contributed by atoms with E-state index in [0.717, 1.165) is 18.7 Å². The first-order valence-corrected chi connectivity index (χ1v) is 7.91. The maximum atomic E-state index is 5.58. The number of ether oxygens (including phenoxy) is 1. The first-order chi connectivity index (χ1) is 9.69. The number of unbranched alkanes of at least 4 members (excludes halogenated alkanes) is 1. The van der Waals surface area contributed by atoms with E-state index in [-0.39, 0.29) is 0 Å². The Balaban J connectivity index is 2.55. The summed E-state index contributed by atoms with van der Waals surface area (Å²) < 4.78 is 5.58. The summed E-state index contributed by atoms with van der Waals surface area (Å²) in [5.74, 6) is 2.05. The highest BCUT2D eigenvalue weighted by Crippen LogP contribution is 2.15. The molecule has 0 bridgehead atoms. The molecule has 4 heteroatoms. The highest BCUT2D eigenvalue weighted by Gasteiger charge is 2.08. The molecule has 1 rings (SSSR count). The maximum absolute atomic E-state index is 5.58. The van der Waals surface area contributed by atoms with Crippen molar-refractivity contribution in [2.45, 2.75) is 59.8 Å². The minimum absolute atomic E-state index is 0.670. The number of rotatable bonds is 10. The van der Waals surface area contributed by atoms with E-state index in [0.29, 0.717) is 24.4 Å². The molecule has 1 N–H and O–H groups in total. The third kappa shape index (κ3) is 6.22. The van der Waals surface area contributed by atoms with Gasteiger partial charge in [0, 0.05) is 18.3 Å². The number of anilines is 1. The Labute approximate surface area is 123 Å². The van der Waals surface area contributed by atoms with Gasteiger partial charge in [-0.1, -0.05) is 40.0 Å². The molecule has 1 heterocycles. The van der Waals surface area contributed by atoms with Crippen molar-refractivity contribution in [2.75, 3.05) is 18.5 Å². The standard InChI is InChI=1S/C16H29N3O/c1-5-8-9-14(7-3)12-17-16-18-13(4)11-15(19-16)20-10-6-2/h11,14H,5-10,12H2,1-4H3,(H,17,18,19). The van der Waals surface area contributed by atoms with Gasteiger partial charge in [-0.3, -0.25) is 0 Å². The normalized spacial score (nSPS) is 12.2. The van der Waals surface area contributed by atoms with Crippen molar-refractivity contribution < 1.29 is 4.74 Å². The van der Waals surface area contributed by atoms with Crippen molar-refractivity contribution in [3.8, 4) is 5.88 Å². The fraction of sp³-hybridized carbons (Fsp3) is 0.750. The van der Waals surface area contributed by atoms with Gasteiger partial charge in [0.1, 0.15) is 0 Å². The molecule has 0 saturated heterocycles. The summed E-state index contributed by atoms with van der Waals surface area (Å²) >= 11 is 0. The maximum Gasteiger partial charge on any atom is 0.226 e. The summed E-state index contributed by atoms with van der Waals surface area (Å²) in [6, 6.07) is 1.88. The lowest BCUT2D eigenvalue weighted by atomic mass is 9.99. The first kappa shape index (κ1) is 16.7. The molecule has 0 fully saturated rings. The zero-order valence-electron chi connectivity index (χ0n) is 13.4.